The first kappa shape index (κ1) is 16.6. The Hall–Kier alpha value is -2.82. The predicted molar refractivity (Wildman–Crippen MR) is 101 cm³/mol. The molecule has 2 aromatic heterocycles. The molecule has 5 nitrogen and oxygen atoms in total. The van der Waals surface area contributed by atoms with Crippen LogP contribution in [0, 0.1) is 5.92 Å². The van der Waals surface area contributed by atoms with Gasteiger partial charge in [-0.1, -0.05) is 12.1 Å². The van der Waals surface area contributed by atoms with Crippen LogP contribution in [0.25, 0.3) is 10.9 Å². The SMILES string of the molecule is O=C(c1ncccn1)N1CCC[C@@H](Cc2ccc3ncccc3c2)CC1. The zero-order valence-electron chi connectivity index (χ0n) is 14.7. The third-order valence-corrected chi connectivity index (χ3v) is 5.08. The van der Waals surface area contributed by atoms with Crippen molar-refractivity contribution in [3.63, 3.8) is 0 Å². The van der Waals surface area contributed by atoms with E-state index in [9.17, 15) is 4.79 Å². The van der Waals surface area contributed by atoms with Crippen molar-refractivity contribution in [3.05, 3.63) is 66.4 Å². The van der Waals surface area contributed by atoms with Crippen LogP contribution < -0.4 is 0 Å². The highest BCUT2D eigenvalue weighted by molar-refractivity contribution is 5.90. The summed E-state index contributed by atoms with van der Waals surface area (Å²) >= 11 is 0. The molecule has 3 aromatic rings. The number of hydrogen-bond acceptors (Lipinski definition) is 4. The van der Waals surface area contributed by atoms with Gasteiger partial charge in [-0.05, 0) is 61.4 Å². The van der Waals surface area contributed by atoms with E-state index in [0.717, 1.165) is 44.3 Å². The predicted octanol–water partition coefficient (Wildman–Crippen LogP) is 3.51. The van der Waals surface area contributed by atoms with Gasteiger partial charge in [0.05, 0.1) is 5.52 Å². The highest BCUT2D eigenvalue weighted by Gasteiger charge is 2.23. The van der Waals surface area contributed by atoms with Crippen LogP contribution in [0.2, 0.25) is 0 Å². The topological polar surface area (TPSA) is 59.0 Å². The van der Waals surface area contributed by atoms with Crippen molar-refractivity contribution in [3.8, 4) is 0 Å². The highest BCUT2D eigenvalue weighted by Crippen LogP contribution is 2.24. The van der Waals surface area contributed by atoms with E-state index in [2.05, 4.69) is 39.2 Å². The number of aromatic nitrogens is 3. The molecule has 0 radical (unpaired) electrons. The number of pyridine rings is 1. The van der Waals surface area contributed by atoms with E-state index < -0.39 is 0 Å². The summed E-state index contributed by atoms with van der Waals surface area (Å²) in [5.41, 5.74) is 2.39. The van der Waals surface area contributed by atoms with Gasteiger partial charge < -0.3 is 4.90 Å². The molecular formula is C21H22N4O. The lowest BCUT2D eigenvalue weighted by Gasteiger charge is -2.19. The number of amides is 1. The summed E-state index contributed by atoms with van der Waals surface area (Å²) < 4.78 is 0. The Bertz CT molecular complexity index is 897. The molecule has 0 spiro atoms. The van der Waals surface area contributed by atoms with Gasteiger partial charge in [0.2, 0.25) is 5.82 Å². The van der Waals surface area contributed by atoms with Gasteiger partial charge in [0.1, 0.15) is 0 Å². The van der Waals surface area contributed by atoms with Crippen LogP contribution >= 0.6 is 0 Å². The summed E-state index contributed by atoms with van der Waals surface area (Å²) in [7, 11) is 0. The van der Waals surface area contributed by atoms with Gasteiger partial charge in [0.15, 0.2) is 0 Å². The van der Waals surface area contributed by atoms with Crippen LogP contribution in [0.4, 0.5) is 0 Å². The van der Waals surface area contributed by atoms with Crippen LogP contribution in [0.1, 0.15) is 35.4 Å². The first-order valence-electron chi connectivity index (χ1n) is 9.19. The van der Waals surface area contributed by atoms with Crippen molar-refractivity contribution < 1.29 is 4.79 Å². The van der Waals surface area contributed by atoms with E-state index in [1.807, 2.05) is 17.2 Å². The van der Waals surface area contributed by atoms with Crippen molar-refractivity contribution in [2.24, 2.45) is 5.92 Å². The molecule has 26 heavy (non-hydrogen) atoms. The number of benzene rings is 1. The molecule has 1 aliphatic heterocycles. The molecule has 0 unspecified atom stereocenters. The van der Waals surface area contributed by atoms with Gasteiger partial charge in [-0.3, -0.25) is 9.78 Å². The summed E-state index contributed by atoms with van der Waals surface area (Å²) in [4.78, 5) is 27.0. The molecule has 1 atom stereocenters. The first-order valence-corrected chi connectivity index (χ1v) is 9.19. The second-order valence-corrected chi connectivity index (χ2v) is 6.90. The van der Waals surface area contributed by atoms with E-state index in [4.69, 9.17) is 0 Å². The van der Waals surface area contributed by atoms with Gasteiger partial charge >= 0.3 is 0 Å². The van der Waals surface area contributed by atoms with Gasteiger partial charge in [-0.25, -0.2) is 9.97 Å². The van der Waals surface area contributed by atoms with Crippen LogP contribution in [-0.2, 0) is 6.42 Å². The van der Waals surface area contributed by atoms with Crippen LogP contribution in [0.3, 0.4) is 0 Å². The Labute approximate surface area is 153 Å². The average molecular weight is 346 g/mol. The van der Waals surface area contributed by atoms with E-state index in [1.165, 1.54) is 10.9 Å². The molecule has 132 valence electrons. The van der Waals surface area contributed by atoms with Crippen molar-refractivity contribution in [1.82, 2.24) is 19.9 Å². The Morgan fingerprint density at radius 2 is 1.85 bits per heavy atom. The monoisotopic (exact) mass is 346 g/mol. The molecule has 5 heteroatoms. The summed E-state index contributed by atoms with van der Waals surface area (Å²) in [5.74, 6) is 0.842. The zero-order chi connectivity index (χ0) is 17.8. The van der Waals surface area contributed by atoms with Gasteiger partial charge in [-0.15, -0.1) is 0 Å². The lowest BCUT2D eigenvalue weighted by molar-refractivity contribution is 0.0747. The molecule has 1 amide bonds. The van der Waals surface area contributed by atoms with Gasteiger partial charge in [0, 0.05) is 37.1 Å². The molecule has 1 aromatic carbocycles. The molecule has 1 saturated heterocycles. The minimum absolute atomic E-state index is 0.0528. The third-order valence-electron chi connectivity index (χ3n) is 5.08. The zero-order valence-corrected chi connectivity index (χ0v) is 14.7. The van der Waals surface area contributed by atoms with Crippen LogP contribution in [-0.4, -0.2) is 38.8 Å². The maximum atomic E-state index is 12.6. The fourth-order valence-electron chi connectivity index (χ4n) is 3.71. The minimum Gasteiger partial charge on any atom is -0.336 e. The van der Waals surface area contributed by atoms with Crippen molar-refractivity contribution in [1.29, 1.82) is 0 Å². The number of carbonyl (C=O) groups excluding carboxylic acids is 1. The Morgan fingerprint density at radius 1 is 1.00 bits per heavy atom. The summed E-state index contributed by atoms with van der Waals surface area (Å²) in [5, 5.41) is 1.19. The van der Waals surface area contributed by atoms with Gasteiger partial charge in [0.25, 0.3) is 5.91 Å². The molecule has 0 saturated carbocycles. The smallest absolute Gasteiger partial charge is 0.291 e. The number of likely N-dealkylation sites (tertiary alicyclic amines) is 1. The highest BCUT2D eigenvalue weighted by atomic mass is 16.2. The maximum Gasteiger partial charge on any atom is 0.291 e. The number of rotatable bonds is 3. The maximum absolute atomic E-state index is 12.6. The molecule has 4 rings (SSSR count). The Morgan fingerprint density at radius 3 is 2.73 bits per heavy atom. The van der Waals surface area contributed by atoms with Gasteiger partial charge in [-0.2, -0.15) is 0 Å². The minimum atomic E-state index is -0.0528. The molecule has 0 bridgehead atoms. The molecule has 3 heterocycles. The number of carbonyl (C=O) groups is 1. The van der Waals surface area contributed by atoms with Crippen molar-refractivity contribution >= 4 is 16.8 Å². The second kappa shape index (κ2) is 7.60. The average Bonchev–Trinajstić information content (AvgIpc) is 2.93. The van der Waals surface area contributed by atoms with E-state index >= 15 is 0 Å². The number of fused-ring (bicyclic) bond motifs is 1. The van der Waals surface area contributed by atoms with Crippen molar-refractivity contribution in [2.45, 2.75) is 25.7 Å². The summed E-state index contributed by atoms with van der Waals surface area (Å²) in [6.45, 7) is 1.56. The standard InChI is InChI=1S/C21H22N4O/c26-21(20-23-10-3-11-24-20)25-12-2-4-16(8-13-25)14-17-6-7-19-18(15-17)5-1-9-22-19/h1,3,5-7,9-11,15-16H,2,4,8,12-14H2/t16-/m1/s1. The van der Waals surface area contributed by atoms with E-state index in [1.54, 1.807) is 18.5 Å². The normalized spacial score (nSPS) is 17.8. The number of hydrogen-bond donors (Lipinski definition) is 0. The quantitative estimate of drug-likeness (QED) is 0.728. The molecular weight excluding hydrogens is 324 g/mol. The lowest BCUT2D eigenvalue weighted by atomic mass is 9.92. The fourth-order valence-corrected chi connectivity index (χ4v) is 3.71. The fraction of sp³-hybridized carbons (Fsp3) is 0.333. The van der Waals surface area contributed by atoms with Crippen molar-refractivity contribution in [2.75, 3.05) is 13.1 Å². The molecule has 0 N–H and O–H groups in total. The van der Waals surface area contributed by atoms with E-state index in [0.29, 0.717) is 11.7 Å². The second-order valence-electron chi connectivity index (χ2n) is 6.90. The molecule has 1 aliphatic rings. The van der Waals surface area contributed by atoms with Crippen LogP contribution in [0.15, 0.2) is 55.0 Å². The molecule has 0 aliphatic carbocycles. The van der Waals surface area contributed by atoms with Crippen LogP contribution in [0.5, 0.6) is 0 Å². The number of nitrogens with zero attached hydrogens (tertiary/aromatic N) is 4. The third kappa shape index (κ3) is 3.72. The first-order chi connectivity index (χ1) is 12.8. The lowest BCUT2D eigenvalue weighted by Crippen LogP contribution is -2.33. The summed E-state index contributed by atoms with van der Waals surface area (Å²) in [6, 6.07) is 12.3. The Kier molecular flexibility index (Phi) is 4.86. The van der Waals surface area contributed by atoms with E-state index in [-0.39, 0.29) is 5.91 Å². The molecule has 1 fully saturated rings. The summed E-state index contributed by atoms with van der Waals surface area (Å²) in [6.07, 6.45) is 9.31. The Balaban J connectivity index is 1.41. The largest absolute Gasteiger partial charge is 0.336 e.